The van der Waals surface area contributed by atoms with E-state index in [1.54, 1.807) is 6.08 Å². The van der Waals surface area contributed by atoms with E-state index >= 15 is 0 Å². The van der Waals surface area contributed by atoms with Crippen LogP contribution < -0.4 is 10.6 Å². The topological polar surface area (TPSA) is 78.4 Å². The van der Waals surface area contributed by atoms with Crippen molar-refractivity contribution in [1.29, 1.82) is 0 Å². The van der Waals surface area contributed by atoms with Gasteiger partial charge in [0.1, 0.15) is 6.04 Å². The molecular weight excluding hydrogens is 208 g/mol. The van der Waals surface area contributed by atoms with Crippen LogP contribution in [0.25, 0.3) is 0 Å². The molecule has 92 valence electrons. The largest absolute Gasteiger partial charge is 0.465 e. The zero-order valence-corrected chi connectivity index (χ0v) is 9.82. The van der Waals surface area contributed by atoms with Crippen molar-refractivity contribution in [3.63, 3.8) is 0 Å². The van der Waals surface area contributed by atoms with Gasteiger partial charge in [-0.15, -0.1) is 6.58 Å². The van der Waals surface area contributed by atoms with Gasteiger partial charge in [-0.25, -0.2) is 4.79 Å². The maximum atomic E-state index is 11.7. The Bertz CT molecular complexity index is 254. The highest BCUT2D eigenvalue weighted by atomic mass is 16.4. The molecule has 0 heterocycles. The van der Waals surface area contributed by atoms with Gasteiger partial charge in [-0.1, -0.05) is 26.3 Å². The maximum Gasteiger partial charge on any atom is 0.405 e. The highest BCUT2D eigenvalue weighted by Gasteiger charge is 2.25. The predicted octanol–water partition coefficient (Wildman–Crippen LogP) is 1.36. The minimum absolute atomic E-state index is 0.0279. The van der Waals surface area contributed by atoms with Gasteiger partial charge in [0, 0.05) is 6.54 Å². The van der Waals surface area contributed by atoms with Crippen LogP contribution in [-0.4, -0.2) is 29.7 Å². The van der Waals surface area contributed by atoms with Crippen LogP contribution in [0.1, 0.15) is 26.7 Å². The molecule has 0 rings (SSSR count). The first-order valence-corrected chi connectivity index (χ1v) is 5.41. The lowest BCUT2D eigenvalue weighted by molar-refractivity contribution is -0.124. The van der Waals surface area contributed by atoms with Crippen LogP contribution in [0.2, 0.25) is 0 Å². The molecule has 16 heavy (non-hydrogen) atoms. The van der Waals surface area contributed by atoms with Crippen molar-refractivity contribution in [1.82, 2.24) is 10.6 Å². The number of carbonyl (C=O) groups is 2. The highest BCUT2D eigenvalue weighted by Crippen LogP contribution is 2.07. The van der Waals surface area contributed by atoms with E-state index in [1.165, 1.54) is 0 Å². The molecule has 2 atom stereocenters. The summed E-state index contributed by atoms with van der Waals surface area (Å²) in [4.78, 5) is 22.2. The van der Waals surface area contributed by atoms with Crippen molar-refractivity contribution in [2.45, 2.75) is 32.7 Å². The van der Waals surface area contributed by atoms with Gasteiger partial charge in [0.15, 0.2) is 0 Å². The minimum Gasteiger partial charge on any atom is -0.465 e. The molecule has 0 fully saturated rings. The van der Waals surface area contributed by atoms with Crippen molar-refractivity contribution in [2.24, 2.45) is 5.92 Å². The van der Waals surface area contributed by atoms with Gasteiger partial charge >= 0.3 is 6.09 Å². The van der Waals surface area contributed by atoms with Gasteiger partial charge < -0.3 is 15.7 Å². The average Bonchev–Trinajstić information content (AvgIpc) is 2.24. The molecule has 0 aromatic heterocycles. The molecule has 0 aliphatic heterocycles. The highest BCUT2D eigenvalue weighted by molar-refractivity contribution is 5.85. The lowest BCUT2D eigenvalue weighted by atomic mass is 9.98. The third kappa shape index (κ3) is 5.38. The molecule has 0 radical (unpaired) electrons. The number of carboxylic acid groups (broad SMARTS) is 1. The first kappa shape index (κ1) is 14.5. The Morgan fingerprint density at radius 2 is 2.12 bits per heavy atom. The number of hydrogen-bond acceptors (Lipinski definition) is 2. The molecule has 0 saturated heterocycles. The lowest BCUT2D eigenvalue weighted by Crippen LogP contribution is -2.50. The monoisotopic (exact) mass is 228 g/mol. The molecule has 0 unspecified atom stereocenters. The van der Waals surface area contributed by atoms with Crippen LogP contribution in [0.5, 0.6) is 0 Å². The Labute approximate surface area is 95.9 Å². The van der Waals surface area contributed by atoms with Crippen LogP contribution in [0, 0.1) is 5.92 Å². The smallest absolute Gasteiger partial charge is 0.405 e. The summed E-state index contributed by atoms with van der Waals surface area (Å²) in [6, 6.07) is -0.688. The van der Waals surface area contributed by atoms with Gasteiger partial charge in [0.2, 0.25) is 5.91 Å². The van der Waals surface area contributed by atoms with Crippen LogP contribution >= 0.6 is 0 Å². The van der Waals surface area contributed by atoms with Crippen molar-refractivity contribution >= 4 is 12.0 Å². The minimum atomic E-state index is -1.18. The number of nitrogens with one attached hydrogen (secondary N) is 2. The zero-order chi connectivity index (χ0) is 12.6. The zero-order valence-electron chi connectivity index (χ0n) is 9.82. The van der Waals surface area contributed by atoms with E-state index in [0.29, 0.717) is 13.0 Å². The van der Waals surface area contributed by atoms with Crippen molar-refractivity contribution in [3.8, 4) is 0 Å². The van der Waals surface area contributed by atoms with Gasteiger partial charge in [-0.05, 0) is 12.3 Å². The summed E-state index contributed by atoms with van der Waals surface area (Å²) >= 11 is 0. The van der Waals surface area contributed by atoms with E-state index in [4.69, 9.17) is 5.11 Å². The molecule has 0 saturated carbocycles. The molecule has 0 spiro atoms. The van der Waals surface area contributed by atoms with Crippen LogP contribution in [-0.2, 0) is 4.79 Å². The summed E-state index contributed by atoms with van der Waals surface area (Å²) < 4.78 is 0. The Morgan fingerprint density at radius 3 is 2.56 bits per heavy atom. The quantitative estimate of drug-likeness (QED) is 0.455. The molecule has 3 N–H and O–H groups in total. The molecule has 0 aliphatic rings. The second-order valence-corrected chi connectivity index (χ2v) is 3.68. The first-order valence-electron chi connectivity index (χ1n) is 5.41. The molecular formula is C11H20N2O3. The summed E-state index contributed by atoms with van der Waals surface area (Å²) in [5.41, 5.74) is 0. The molecule has 2 amide bonds. The molecule has 0 aromatic rings. The van der Waals surface area contributed by atoms with Crippen molar-refractivity contribution < 1.29 is 14.7 Å². The molecule has 0 aliphatic carbocycles. The molecule has 0 aromatic carbocycles. The number of rotatable bonds is 7. The average molecular weight is 228 g/mol. The fourth-order valence-corrected chi connectivity index (χ4v) is 1.24. The lowest BCUT2D eigenvalue weighted by Gasteiger charge is -2.21. The van der Waals surface area contributed by atoms with Crippen LogP contribution in [0.4, 0.5) is 4.79 Å². The Balaban J connectivity index is 4.31. The normalized spacial score (nSPS) is 13.6. The summed E-state index contributed by atoms with van der Waals surface area (Å²) in [5.74, 6) is -0.307. The van der Waals surface area contributed by atoms with E-state index in [2.05, 4.69) is 17.2 Å². The SMILES string of the molecule is C=CCCNC(=O)[C@@H](NC(=O)O)[C@H](C)CC. The van der Waals surface area contributed by atoms with E-state index in [-0.39, 0.29) is 11.8 Å². The van der Waals surface area contributed by atoms with E-state index in [0.717, 1.165) is 6.42 Å². The maximum absolute atomic E-state index is 11.7. The fraction of sp³-hybridized carbons (Fsp3) is 0.636. The summed E-state index contributed by atoms with van der Waals surface area (Å²) in [5, 5.41) is 13.5. The van der Waals surface area contributed by atoms with Crippen molar-refractivity contribution in [2.75, 3.05) is 6.54 Å². The molecule has 5 heteroatoms. The summed E-state index contributed by atoms with van der Waals surface area (Å²) in [6.45, 7) is 7.78. The third-order valence-corrected chi connectivity index (χ3v) is 2.42. The van der Waals surface area contributed by atoms with E-state index < -0.39 is 12.1 Å². The number of carbonyl (C=O) groups excluding carboxylic acids is 1. The Hall–Kier alpha value is -1.52. The Morgan fingerprint density at radius 1 is 1.50 bits per heavy atom. The molecule has 5 nitrogen and oxygen atoms in total. The molecule has 0 bridgehead atoms. The second kappa shape index (κ2) is 7.73. The van der Waals surface area contributed by atoms with Gasteiger partial charge in [0.25, 0.3) is 0 Å². The van der Waals surface area contributed by atoms with Gasteiger partial charge in [-0.2, -0.15) is 0 Å². The fourth-order valence-electron chi connectivity index (χ4n) is 1.24. The predicted molar refractivity (Wildman–Crippen MR) is 62.2 cm³/mol. The third-order valence-electron chi connectivity index (χ3n) is 2.42. The van der Waals surface area contributed by atoms with Gasteiger partial charge in [-0.3, -0.25) is 4.79 Å². The summed E-state index contributed by atoms with van der Waals surface area (Å²) in [7, 11) is 0. The van der Waals surface area contributed by atoms with E-state index in [1.807, 2.05) is 13.8 Å². The van der Waals surface area contributed by atoms with Crippen LogP contribution in [0.15, 0.2) is 12.7 Å². The standard InChI is InChI=1S/C11H20N2O3/c1-4-6-7-12-10(14)9(8(3)5-2)13-11(15)16/h4,8-9,13H,1,5-7H2,2-3H3,(H,12,14)(H,15,16)/t8-,9+/m1/s1. The summed E-state index contributed by atoms with van der Waals surface area (Å²) in [6.07, 6.45) is 1.93. The number of amides is 2. The van der Waals surface area contributed by atoms with Crippen LogP contribution in [0.3, 0.4) is 0 Å². The van der Waals surface area contributed by atoms with Gasteiger partial charge in [0.05, 0.1) is 0 Å². The van der Waals surface area contributed by atoms with E-state index in [9.17, 15) is 9.59 Å². The first-order chi connectivity index (χ1) is 7.52. The van der Waals surface area contributed by atoms with Crippen molar-refractivity contribution in [3.05, 3.63) is 12.7 Å². The Kier molecular flexibility index (Phi) is 7.00. The second-order valence-electron chi connectivity index (χ2n) is 3.68. The number of hydrogen-bond donors (Lipinski definition) is 3.